The molecule has 0 spiro atoms. The second-order valence-electron chi connectivity index (χ2n) is 5.28. The predicted octanol–water partition coefficient (Wildman–Crippen LogP) is 4.88. The van der Waals surface area contributed by atoms with Crippen molar-refractivity contribution in [2.24, 2.45) is 0 Å². The third kappa shape index (κ3) is 3.76. The van der Waals surface area contributed by atoms with Crippen LogP contribution in [0.1, 0.15) is 18.4 Å². The molecule has 0 radical (unpaired) electrons. The molecule has 0 heterocycles. The predicted molar refractivity (Wildman–Crippen MR) is 87.5 cm³/mol. The molecule has 2 aromatic carbocycles. The van der Waals surface area contributed by atoms with Crippen LogP contribution in [0.5, 0.6) is 11.5 Å². The molecule has 0 aliphatic heterocycles. The highest BCUT2D eigenvalue weighted by Crippen LogP contribution is 2.24. The largest absolute Gasteiger partial charge is 0.457 e. The molecule has 0 aromatic heterocycles. The number of nitrogen functional groups attached to an aromatic ring is 1. The summed E-state index contributed by atoms with van der Waals surface area (Å²) in [5.74, 6) is 1.65. The third-order valence-corrected chi connectivity index (χ3v) is 3.57. The minimum atomic E-state index is 0.743. The summed E-state index contributed by atoms with van der Waals surface area (Å²) in [5.41, 5.74) is 9.22. The van der Waals surface area contributed by atoms with Gasteiger partial charge >= 0.3 is 0 Å². The van der Waals surface area contributed by atoms with E-state index >= 15 is 0 Å². The van der Waals surface area contributed by atoms with E-state index < -0.39 is 0 Å². The Kier molecular flexibility index (Phi) is 4.06. The molecule has 2 aromatic rings. The SMILES string of the molecule is Nc1ccc(Oc2ccc(CC3=CC=CCC3)cc2)cc1. The molecule has 21 heavy (non-hydrogen) atoms. The molecular weight excluding hydrogens is 258 g/mol. The van der Waals surface area contributed by atoms with Crippen LogP contribution in [0.4, 0.5) is 5.69 Å². The summed E-state index contributed by atoms with van der Waals surface area (Å²) < 4.78 is 5.80. The normalized spacial score (nSPS) is 13.8. The van der Waals surface area contributed by atoms with E-state index in [-0.39, 0.29) is 0 Å². The Morgan fingerprint density at radius 1 is 0.905 bits per heavy atom. The molecule has 1 aliphatic carbocycles. The molecule has 3 rings (SSSR count). The molecule has 2 heteroatoms. The topological polar surface area (TPSA) is 35.2 Å². The lowest BCUT2D eigenvalue weighted by atomic mass is 9.98. The van der Waals surface area contributed by atoms with Gasteiger partial charge in [-0.25, -0.2) is 0 Å². The maximum absolute atomic E-state index is 5.80. The first-order valence-electron chi connectivity index (χ1n) is 7.26. The molecule has 0 amide bonds. The smallest absolute Gasteiger partial charge is 0.127 e. The Morgan fingerprint density at radius 2 is 1.57 bits per heavy atom. The molecule has 1 aliphatic rings. The van der Waals surface area contributed by atoms with Gasteiger partial charge in [0, 0.05) is 5.69 Å². The van der Waals surface area contributed by atoms with Crippen molar-refractivity contribution in [3.05, 3.63) is 77.9 Å². The zero-order chi connectivity index (χ0) is 14.5. The van der Waals surface area contributed by atoms with Gasteiger partial charge in [-0.05, 0) is 61.2 Å². The van der Waals surface area contributed by atoms with E-state index in [1.807, 2.05) is 36.4 Å². The van der Waals surface area contributed by atoms with Crippen LogP contribution in [-0.2, 0) is 6.42 Å². The maximum atomic E-state index is 5.80. The van der Waals surface area contributed by atoms with Gasteiger partial charge in [0.1, 0.15) is 11.5 Å². The Balaban J connectivity index is 1.65. The van der Waals surface area contributed by atoms with Gasteiger partial charge in [-0.1, -0.05) is 35.9 Å². The lowest BCUT2D eigenvalue weighted by Crippen LogP contribution is -1.93. The van der Waals surface area contributed by atoms with E-state index in [9.17, 15) is 0 Å². The van der Waals surface area contributed by atoms with Crippen molar-refractivity contribution in [2.45, 2.75) is 19.3 Å². The van der Waals surface area contributed by atoms with Gasteiger partial charge in [0.15, 0.2) is 0 Å². The highest BCUT2D eigenvalue weighted by Gasteiger charge is 2.03. The summed E-state index contributed by atoms with van der Waals surface area (Å²) >= 11 is 0. The van der Waals surface area contributed by atoms with Crippen LogP contribution in [-0.4, -0.2) is 0 Å². The zero-order valence-corrected chi connectivity index (χ0v) is 12.0. The Morgan fingerprint density at radius 3 is 2.19 bits per heavy atom. The van der Waals surface area contributed by atoms with E-state index in [2.05, 4.69) is 30.4 Å². The molecule has 2 N–H and O–H groups in total. The number of hydrogen-bond acceptors (Lipinski definition) is 2. The highest BCUT2D eigenvalue weighted by molar-refractivity contribution is 5.43. The first kappa shape index (κ1) is 13.5. The molecule has 106 valence electrons. The molecule has 0 bridgehead atoms. The van der Waals surface area contributed by atoms with Crippen molar-refractivity contribution in [3.8, 4) is 11.5 Å². The summed E-state index contributed by atoms with van der Waals surface area (Å²) in [5, 5.41) is 0. The second kappa shape index (κ2) is 6.31. The van der Waals surface area contributed by atoms with Gasteiger partial charge in [0.05, 0.1) is 0 Å². The lowest BCUT2D eigenvalue weighted by Gasteiger charge is -2.10. The Hall–Kier alpha value is -2.48. The van der Waals surface area contributed by atoms with Crippen molar-refractivity contribution in [1.29, 1.82) is 0 Å². The molecule has 2 nitrogen and oxygen atoms in total. The Bertz CT molecular complexity index is 651. The number of ether oxygens (including phenoxy) is 1. The van der Waals surface area contributed by atoms with Gasteiger partial charge in [0.2, 0.25) is 0 Å². The Labute approximate surface area is 125 Å². The molecular formula is C19H19NO. The fourth-order valence-corrected chi connectivity index (χ4v) is 2.41. The lowest BCUT2D eigenvalue weighted by molar-refractivity contribution is 0.482. The number of hydrogen-bond donors (Lipinski definition) is 1. The van der Waals surface area contributed by atoms with Crippen LogP contribution in [0.15, 0.2) is 72.3 Å². The number of benzene rings is 2. The van der Waals surface area contributed by atoms with E-state index in [4.69, 9.17) is 10.5 Å². The fraction of sp³-hybridized carbons (Fsp3) is 0.158. The number of allylic oxidation sites excluding steroid dienone is 4. The zero-order valence-electron chi connectivity index (χ0n) is 12.0. The van der Waals surface area contributed by atoms with Crippen LogP contribution in [0, 0.1) is 0 Å². The first-order valence-corrected chi connectivity index (χ1v) is 7.26. The maximum Gasteiger partial charge on any atom is 0.127 e. The van der Waals surface area contributed by atoms with Crippen LogP contribution in [0.2, 0.25) is 0 Å². The quantitative estimate of drug-likeness (QED) is 0.808. The van der Waals surface area contributed by atoms with Gasteiger partial charge < -0.3 is 10.5 Å². The van der Waals surface area contributed by atoms with E-state index in [0.717, 1.165) is 30.0 Å². The van der Waals surface area contributed by atoms with Crippen molar-refractivity contribution < 1.29 is 4.74 Å². The highest BCUT2D eigenvalue weighted by atomic mass is 16.5. The standard InChI is InChI=1S/C19H19NO/c20-17-8-12-19(13-9-17)21-18-10-6-16(7-11-18)14-15-4-2-1-3-5-15/h1-2,4,6-13H,3,5,14,20H2. The third-order valence-electron chi connectivity index (χ3n) is 3.57. The monoisotopic (exact) mass is 277 g/mol. The van der Waals surface area contributed by atoms with Gasteiger partial charge in [-0.3, -0.25) is 0 Å². The first-order chi connectivity index (χ1) is 10.3. The van der Waals surface area contributed by atoms with Crippen LogP contribution >= 0.6 is 0 Å². The minimum absolute atomic E-state index is 0.743. The number of nitrogens with two attached hydrogens (primary N) is 1. The number of rotatable bonds is 4. The van der Waals surface area contributed by atoms with E-state index in [1.165, 1.54) is 17.6 Å². The molecule has 0 unspecified atom stereocenters. The average Bonchev–Trinajstić information content (AvgIpc) is 2.53. The summed E-state index contributed by atoms with van der Waals surface area (Å²) in [7, 11) is 0. The van der Waals surface area contributed by atoms with Gasteiger partial charge in [0.25, 0.3) is 0 Å². The summed E-state index contributed by atoms with van der Waals surface area (Å²) in [6.45, 7) is 0. The molecule has 0 saturated heterocycles. The number of anilines is 1. The second-order valence-corrected chi connectivity index (χ2v) is 5.28. The van der Waals surface area contributed by atoms with Crippen molar-refractivity contribution in [3.63, 3.8) is 0 Å². The van der Waals surface area contributed by atoms with Crippen LogP contribution in [0.3, 0.4) is 0 Å². The van der Waals surface area contributed by atoms with Crippen molar-refractivity contribution in [2.75, 3.05) is 5.73 Å². The molecule has 0 saturated carbocycles. The van der Waals surface area contributed by atoms with Crippen LogP contribution in [0.25, 0.3) is 0 Å². The molecule has 0 atom stereocenters. The van der Waals surface area contributed by atoms with Crippen molar-refractivity contribution in [1.82, 2.24) is 0 Å². The van der Waals surface area contributed by atoms with E-state index in [0.29, 0.717) is 0 Å². The van der Waals surface area contributed by atoms with Crippen LogP contribution < -0.4 is 10.5 Å². The van der Waals surface area contributed by atoms with E-state index in [1.54, 1.807) is 0 Å². The summed E-state index contributed by atoms with van der Waals surface area (Å²) in [4.78, 5) is 0. The van der Waals surface area contributed by atoms with Gasteiger partial charge in [-0.15, -0.1) is 0 Å². The minimum Gasteiger partial charge on any atom is -0.457 e. The summed E-state index contributed by atoms with van der Waals surface area (Å²) in [6.07, 6.45) is 9.93. The average molecular weight is 277 g/mol. The summed E-state index contributed by atoms with van der Waals surface area (Å²) in [6, 6.07) is 15.7. The van der Waals surface area contributed by atoms with Gasteiger partial charge in [-0.2, -0.15) is 0 Å². The van der Waals surface area contributed by atoms with Crippen molar-refractivity contribution >= 4 is 5.69 Å². The fourth-order valence-electron chi connectivity index (χ4n) is 2.41. The molecule has 0 fully saturated rings.